The lowest BCUT2D eigenvalue weighted by molar-refractivity contribution is 0.0456. The molecule has 1 unspecified atom stereocenters. The van der Waals surface area contributed by atoms with Gasteiger partial charge in [0.05, 0.1) is 0 Å². The first-order valence-electron chi connectivity index (χ1n) is 3.28. The van der Waals surface area contributed by atoms with E-state index < -0.39 is 0 Å². The fourth-order valence-electron chi connectivity index (χ4n) is 0.631. The SMILES string of the molecule is CCOC(CNC)NC. The van der Waals surface area contributed by atoms with Gasteiger partial charge in [0.15, 0.2) is 0 Å². The molecule has 0 saturated carbocycles. The quantitative estimate of drug-likeness (QED) is 0.508. The van der Waals surface area contributed by atoms with Gasteiger partial charge in [-0.25, -0.2) is 0 Å². The highest BCUT2D eigenvalue weighted by Crippen LogP contribution is 1.81. The summed E-state index contributed by atoms with van der Waals surface area (Å²) < 4.78 is 5.26. The predicted octanol–water partition coefficient (Wildman–Crippen LogP) is -0.212. The van der Waals surface area contributed by atoms with Crippen molar-refractivity contribution in [1.29, 1.82) is 0 Å². The number of likely N-dealkylation sites (N-methyl/N-ethyl adjacent to an activating group) is 2. The molecule has 0 aromatic rings. The Morgan fingerprint density at radius 2 is 2.11 bits per heavy atom. The summed E-state index contributed by atoms with van der Waals surface area (Å²) in [5.74, 6) is 0. The first kappa shape index (κ1) is 8.88. The minimum Gasteiger partial charge on any atom is -0.362 e. The molecule has 0 bridgehead atoms. The van der Waals surface area contributed by atoms with E-state index in [-0.39, 0.29) is 6.23 Å². The number of rotatable bonds is 5. The fourth-order valence-corrected chi connectivity index (χ4v) is 0.631. The van der Waals surface area contributed by atoms with E-state index >= 15 is 0 Å². The van der Waals surface area contributed by atoms with E-state index in [1.165, 1.54) is 0 Å². The predicted molar refractivity (Wildman–Crippen MR) is 38.4 cm³/mol. The Kier molecular flexibility index (Phi) is 5.93. The van der Waals surface area contributed by atoms with Gasteiger partial charge in [-0.1, -0.05) is 0 Å². The Morgan fingerprint density at radius 3 is 2.44 bits per heavy atom. The van der Waals surface area contributed by atoms with E-state index in [2.05, 4.69) is 10.6 Å². The van der Waals surface area contributed by atoms with Crippen molar-refractivity contribution in [3.63, 3.8) is 0 Å². The fraction of sp³-hybridized carbons (Fsp3) is 1.00. The maximum atomic E-state index is 5.26. The monoisotopic (exact) mass is 132 g/mol. The Hall–Kier alpha value is -0.120. The molecule has 0 rings (SSSR count). The lowest BCUT2D eigenvalue weighted by atomic mass is 10.5. The molecular weight excluding hydrogens is 116 g/mol. The average molecular weight is 132 g/mol. The zero-order valence-corrected chi connectivity index (χ0v) is 6.40. The van der Waals surface area contributed by atoms with Gasteiger partial charge >= 0.3 is 0 Å². The summed E-state index contributed by atoms with van der Waals surface area (Å²) in [7, 11) is 3.79. The van der Waals surface area contributed by atoms with Crippen LogP contribution < -0.4 is 10.6 Å². The van der Waals surface area contributed by atoms with Crippen LogP contribution in [0, 0.1) is 0 Å². The molecule has 0 aromatic carbocycles. The largest absolute Gasteiger partial charge is 0.362 e. The molecule has 3 heteroatoms. The third-order valence-electron chi connectivity index (χ3n) is 1.08. The van der Waals surface area contributed by atoms with Gasteiger partial charge < -0.3 is 10.1 Å². The zero-order valence-electron chi connectivity index (χ0n) is 6.40. The van der Waals surface area contributed by atoms with Crippen LogP contribution in [-0.4, -0.2) is 33.5 Å². The maximum absolute atomic E-state index is 5.26. The van der Waals surface area contributed by atoms with Crippen LogP contribution in [0.25, 0.3) is 0 Å². The highest BCUT2D eigenvalue weighted by Gasteiger charge is 2.00. The number of hydrogen-bond donors (Lipinski definition) is 2. The Labute approximate surface area is 56.8 Å². The number of hydrogen-bond acceptors (Lipinski definition) is 3. The van der Waals surface area contributed by atoms with Gasteiger partial charge in [-0.15, -0.1) is 0 Å². The van der Waals surface area contributed by atoms with Crippen molar-refractivity contribution in [3.05, 3.63) is 0 Å². The van der Waals surface area contributed by atoms with Crippen LogP contribution >= 0.6 is 0 Å². The Bertz CT molecular complexity index is 53.0. The van der Waals surface area contributed by atoms with E-state index in [1.54, 1.807) is 0 Å². The first-order chi connectivity index (χ1) is 4.35. The van der Waals surface area contributed by atoms with E-state index in [1.807, 2.05) is 21.0 Å². The van der Waals surface area contributed by atoms with Crippen molar-refractivity contribution in [2.75, 3.05) is 27.2 Å². The molecule has 0 aliphatic rings. The second kappa shape index (κ2) is 6.01. The summed E-state index contributed by atoms with van der Waals surface area (Å²) in [5, 5.41) is 6.04. The molecule has 0 amide bonds. The molecule has 0 spiro atoms. The van der Waals surface area contributed by atoms with Gasteiger partial charge in [-0.05, 0) is 21.0 Å². The average Bonchev–Trinajstić information content (AvgIpc) is 1.88. The van der Waals surface area contributed by atoms with Crippen molar-refractivity contribution < 1.29 is 4.74 Å². The van der Waals surface area contributed by atoms with Crippen molar-refractivity contribution >= 4 is 0 Å². The van der Waals surface area contributed by atoms with Gasteiger partial charge in [0.2, 0.25) is 0 Å². The van der Waals surface area contributed by atoms with Crippen LogP contribution in [0.1, 0.15) is 6.92 Å². The van der Waals surface area contributed by atoms with Crippen LogP contribution in [0.4, 0.5) is 0 Å². The molecule has 9 heavy (non-hydrogen) atoms. The smallest absolute Gasteiger partial charge is 0.120 e. The third-order valence-corrected chi connectivity index (χ3v) is 1.08. The second-order valence-corrected chi connectivity index (χ2v) is 1.79. The molecule has 0 heterocycles. The summed E-state index contributed by atoms with van der Waals surface area (Å²) in [6.45, 7) is 3.59. The number of nitrogens with one attached hydrogen (secondary N) is 2. The molecule has 2 N–H and O–H groups in total. The molecule has 0 aliphatic heterocycles. The Morgan fingerprint density at radius 1 is 1.44 bits per heavy atom. The van der Waals surface area contributed by atoms with Crippen LogP contribution in [0.15, 0.2) is 0 Å². The summed E-state index contributed by atoms with van der Waals surface area (Å²) >= 11 is 0. The van der Waals surface area contributed by atoms with Crippen LogP contribution in [-0.2, 0) is 4.74 Å². The summed E-state index contributed by atoms with van der Waals surface area (Å²) in [6, 6.07) is 0. The van der Waals surface area contributed by atoms with E-state index in [0.29, 0.717) is 0 Å². The highest BCUT2D eigenvalue weighted by molar-refractivity contribution is 4.52. The molecule has 1 atom stereocenters. The van der Waals surface area contributed by atoms with Gasteiger partial charge in [0.25, 0.3) is 0 Å². The Balaban J connectivity index is 3.18. The molecule has 0 fully saturated rings. The number of ether oxygens (including phenoxy) is 1. The highest BCUT2D eigenvalue weighted by atomic mass is 16.5. The third kappa shape index (κ3) is 4.39. The molecular formula is C6H16N2O. The lowest BCUT2D eigenvalue weighted by Crippen LogP contribution is -2.37. The van der Waals surface area contributed by atoms with E-state index in [0.717, 1.165) is 13.2 Å². The van der Waals surface area contributed by atoms with E-state index in [9.17, 15) is 0 Å². The van der Waals surface area contributed by atoms with Crippen molar-refractivity contribution in [3.8, 4) is 0 Å². The van der Waals surface area contributed by atoms with Crippen molar-refractivity contribution in [2.24, 2.45) is 0 Å². The van der Waals surface area contributed by atoms with Gasteiger partial charge in [0.1, 0.15) is 6.23 Å². The first-order valence-corrected chi connectivity index (χ1v) is 3.28. The molecule has 56 valence electrons. The second-order valence-electron chi connectivity index (χ2n) is 1.79. The van der Waals surface area contributed by atoms with Crippen LogP contribution in [0.3, 0.4) is 0 Å². The minimum atomic E-state index is 0.153. The standard InChI is InChI=1S/C6H16N2O/c1-4-9-6(8-3)5-7-2/h6-8H,4-5H2,1-3H3. The summed E-state index contributed by atoms with van der Waals surface area (Å²) in [5.41, 5.74) is 0. The maximum Gasteiger partial charge on any atom is 0.120 e. The van der Waals surface area contributed by atoms with Crippen LogP contribution in [0.2, 0.25) is 0 Å². The molecule has 0 saturated heterocycles. The van der Waals surface area contributed by atoms with Crippen molar-refractivity contribution in [1.82, 2.24) is 10.6 Å². The molecule has 3 nitrogen and oxygen atoms in total. The molecule has 0 radical (unpaired) electrons. The van der Waals surface area contributed by atoms with Crippen LogP contribution in [0.5, 0.6) is 0 Å². The normalized spacial score (nSPS) is 13.7. The minimum absolute atomic E-state index is 0.153. The topological polar surface area (TPSA) is 33.3 Å². The molecule has 0 aromatic heterocycles. The van der Waals surface area contributed by atoms with Gasteiger partial charge in [-0.3, -0.25) is 5.32 Å². The van der Waals surface area contributed by atoms with Crippen molar-refractivity contribution in [2.45, 2.75) is 13.2 Å². The summed E-state index contributed by atoms with van der Waals surface area (Å²) in [4.78, 5) is 0. The summed E-state index contributed by atoms with van der Waals surface area (Å²) in [6.07, 6.45) is 0.153. The lowest BCUT2D eigenvalue weighted by Gasteiger charge is -2.14. The zero-order chi connectivity index (χ0) is 7.11. The van der Waals surface area contributed by atoms with E-state index in [4.69, 9.17) is 4.74 Å². The molecule has 0 aliphatic carbocycles. The van der Waals surface area contributed by atoms with Gasteiger partial charge in [-0.2, -0.15) is 0 Å². The van der Waals surface area contributed by atoms with Gasteiger partial charge in [0, 0.05) is 13.2 Å².